The minimum Gasteiger partial charge on any atom is -0.469 e. The van der Waals surface area contributed by atoms with E-state index in [1.807, 2.05) is 0 Å². The van der Waals surface area contributed by atoms with E-state index in [1.54, 1.807) is 0 Å². The number of halogens is 1. The fourth-order valence-corrected chi connectivity index (χ4v) is 1.44. The number of methoxy groups -OCH3 is 1. The van der Waals surface area contributed by atoms with E-state index >= 15 is 0 Å². The minimum absolute atomic E-state index is 0.0699. The van der Waals surface area contributed by atoms with Gasteiger partial charge in [-0.05, 0) is 17.7 Å². The second-order valence-corrected chi connectivity index (χ2v) is 3.76. The first-order chi connectivity index (χ1) is 8.86. The zero-order chi connectivity index (χ0) is 14.6. The maximum Gasteiger partial charge on any atom is 0.308 e. The number of rotatable bonds is 5. The predicted octanol–water partition coefficient (Wildman–Crippen LogP) is 0.691. The Morgan fingerprint density at radius 3 is 2.63 bits per heavy atom. The molecule has 0 spiro atoms. The minimum atomic E-state index is -1.55. The summed E-state index contributed by atoms with van der Waals surface area (Å²) in [6.07, 6.45) is -3.52. The molecule has 1 rings (SSSR count). The van der Waals surface area contributed by atoms with Crippen LogP contribution in [0.1, 0.15) is 18.1 Å². The van der Waals surface area contributed by atoms with Gasteiger partial charge in [-0.1, -0.05) is 0 Å². The molecule has 0 fully saturated rings. The summed E-state index contributed by atoms with van der Waals surface area (Å²) in [6.45, 7) is 0. The zero-order valence-corrected chi connectivity index (χ0v) is 9.95. The molecule has 0 amide bonds. The van der Waals surface area contributed by atoms with E-state index < -0.39 is 41.0 Å². The molecule has 0 bridgehead atoms. The van der Waals surface area contributed by atoms with Crippen LogP contribution < -0.4 is 0 Å². The monoisotopic (exact) mass is 273 g/mol. The number of carbonyl (C=O) groups is 1. The highest BCUT2D eigenvalue weighted by Crippen LogP contribution is 2.24. The van der Waals surface area contributed by atoms with Gasteiger partial charge in [-0.3, -0.25) is 14.9 Å². The van der Waals surface area contributed by atoms with Gasteiger partial charge in [0, 0.05) is 6.07 Å². The SMILES string of the molecule is COC(=O)CC(O)C(O)c1ccc([N+](=O)[O-])c(F)c1. The largest absolute Gasteiger partial charge is 0.469 e. The molecule has 1 aromatic carbocycles. The van der Waals surface area contributed by atoms with Crippen molar-refractivity contribution in [2.75, 3.05) is 7.11 Å². The van der Waals surface area contributed by atoms with Crippen molar-refractivity contribution < 1.29 is 29.1 Å². The van der Waals surface area contributed by atoms with Crippen LogP contribution in [-0.4, -0.2) is 34.3 Å². The molecule has 0 heterocycles. The molecule has 2 N–H and O–H groups in total. The van der Waals surface area contributed by atoms with Gasteiger partial charge >= 0.3 is 11.7 Å². The molecule has 0 aromatic heterocycles. The summed E-state index contributed by atoms with van der Waals surface area (Å²) in [5.41, 5.74) is -0.807. The average molecular weight is 273 g/mol. The fraction of sp³-hybridized carbons (Fsp3) is 0.364. The number of esters is 1. The van der Waals surface area contributed by atoms with Crippen LogP contribution in [0.4, 0.5) is 10.1 Å². The topological polar surface area (TPSA) is 110 Å². The van der Waals surface area contributed by atoms with Gasteiger partial charge in [0.05, 0.1) is 24.6 Å². The normalized spacial score (nSPS) is 13.7. The van der Waals surface area contributed by atoms with Crippen LogP contribution in [0.3, 0.4) is 0 Å². The average Bonchev–Trinajstić information content (AvgIpc) is 2.36. The summed E-state index contributed by atoms with van der Waals surface area (Å²) in [5.74, 6) is -1.87. The first kappa shape index (κ1) is 15.0. The highest BCUT2D eigenvalue weighted by molar-refractivity contribution is 5.69. The van der Waals surface area contributed by atoms with Gasteiger partial charge in [-0.15, -0.1) is 0 Å². The molecule has 1 aromatic rings. The first-order valence-corrected chi connectivity index (χ1v) is 5.23. The number of aliphatic hydroxyl groups excluding tert-OH is 2. The third kappa shape index (κ3) is 3.70. The van der Waals surface area contributed by atoms with Crippen molar-refractivity contribution in [3.63, 3.8) is 0 Å². The van der Waals surface area contributed by atoms with Crippen molar-refractivity contribution in [2.24, 2.45) is 0 Å². The highest BCUT2D eigenvalue weighted by atomic mass is 19.1. The maximum absolute atomic E-state index is 13.3. The summed E-state index contributed by atoms with van der Waals surface area (Å²) in [7, 11) is 1.12. The van der Waals surface area contributed by atoms with Crippen LogP contribution in [0.25, 0.3) is 0 Å². The van der Waals surface area contributed by atoms with E-state index in [-0.39, 0.29) is 5.56 Å². The van der Waals surface area contributed by atoms with E-state index in [1.165, 1.54) is 0 Å². The van der Waals surface area contributed by atoms with E-state index in [9.17, 15) is 29.5 Å². The summed E-state index contributed by atoms with van der Waals surface area (Å²) < 4.78 is 17.6. The Balaban J connectivity index is 2.88. The van der Waals surface area contributed by atoms with Crippen LogP contribution in [0, 0.1) is 15.9 Å². The molecule has 0 aliphatic carbocycles. The molecule has 0 aliphatic rings. The number of nitrogens with zero attached hydrogens (tertiary/aromatic N) is 1. The van der Waals surface area contributed by atoms with Crippen molar-refractivity contribution in [1.82, 2.24) is 0 Å². The molecule has 2 unspecified atom stereocenters. The van der Waals surface area contributed by atoms with Crippen LogP contribution in [-0.2, 0) is 9.53 Å². The van der Waals surface area contributed by atoms with E-state index in [0.29, 0.717) is 0 Å². The smallest absolute Gasteiger partial charge is 0.308 e. The second kappa shape index (κ2) is 6.21. The first-order valence-electron chi connectivity index (χ1n) is 5.23. The molecule has 8 heteroatoms. The zero-order valence-electron chi connectivity index (χ0n) is 9.95. The number of ether oxygens (including phenoxy) is 1. The predicted molar refractivity (Wildman–Crippen MR) is 60.7 cm³/mol. The molecule has 19 heavy (non-hydrogen) atoms. The summed E-state index contributed by atoms with van der Waals surface area (Å²) in [4.78, 5) is 20.4. The van der Waals surface area contributed by atoms with Gasteiger partial charge in [-0.25, -0.2) is 0 Å². The molecule has 7 nitrogen and oxygen atoms in total. The van der Waals surface area contributed by atoms with Crippen molar-refractivity contribution in [1.29, 1.82) is 0 Å². The van der Waals surface area contributed by atoms with Gasteiger partial charge in [0.15, 0.2) is 0 Å². The molecule has 2 atom stereocenters. The summed E-state index contributed by atoms with van der Waals surface area (Å²) in [5, 5.41) is 29.6. The highest BCUT2D eigenvalue weighted by Gasteiger charge is 2.24. The van der Waals surface area contributed by atoms with Crippen LogP contribution in [0.15, 0.2) is 18.2 Å². The molecule has 0 saturated heterocycles. The van der Waals surface area contributed by atoms with Gasteiger partial charge in [0.2, 0.25) is 5.82 Å². The van der Waals surface area contributed by atoms with E-state index in [4.69, 9.17) is 0 Å². The van der Waals surface area contributed by atoms with Crippen molar-refractivity contribution in [2.45, 2.75) is 18.6 Å². The van der Waals surface area contributed by atoms with E-state index in [0.717, 1.165) is 25.3 Å². The lowest BCUT2D eigenvalue weighted by atomic mass is 10.0. The van der Waals surface area contributed by atoms with Gasteiger partial charge in [0.1, 0.15) is 6.10 Å². The number of hydrogen-bond acceptors (Lipinski definition) is 6. The number of nitro groups is 1. The Morgan fingerprint density at radius 1 is 1.53 bits per heavy atom. The van der Waals surface area contributed by atoms with Crippen LogP contribution in [0.5, 0.6) is 0 Å². The second-order valence-electron chi connectivity index (χ2n) is 3.76. The molecular formula is C11H12FNO6. The lowest BCUT2D eigenvalue weighted by Gasteiger charge is -2.17. The number of carbonyl (C=O) groups excluding carboxylic acids is 1. The Kier molecular flexibility index (Phi) is 4.90. The van der Waals surface area contributed by atoms with Gasteiger partial charge < -0.3 is 14.9 Å². The van der Waals surface area contributed by atoms with E-state index in [2.05, 4.69) is 4.74 Å². The molecule has 0 aliphatic heterocycles. The fourth-order valence-electron chi connectivity index (χ4n) is 1.44. The van der Waals surface area contributed by atoms with Crippen LogP contribution >= 0.6 is 0 Å². The lowest BCUT2D eigenvalue weighted by molar-refractivity contribution is -0.387. The Labute approximate surface area is 107 Å². The number of benzene rings is 1. The lowest BCUT2D eigenvalue weighted by Crippen LogP contribution is -2.22. The number of aliphatic hydroxyl groups is 2. The molecule has 104 valence electrons. The van der Waals surface area contributed by atoms with Crippen molar-refractivity contribution in [3.8, 4) is 0 Å². The number of hydrogen-bond donors (Lipinski definition) is 2. The standard InChI is InChI=1S/C11H12FNO6/c1-19-10(15)5-9(14)11(16)6-2-3-8(13(17)18)7(12)4-6/h2-4,9,11,14,16H,5H2,1H3. The Hall–Kier alpha value is -2.06. The Morgan fingerprint density at radius 2 is 2.16 bits per heavy atom. The van der Waals surface area contributed by atoms with Crippen molar-refractivity contribution >= 4 is 11.7 Å². The van der Waals surface area contributed by atoms with Crippen LogP contribution in [0.2, 0.25) is 0 Å². The molecule has 0 saturated carbocycles. The number of nitro benzene ring substituents is 1. The van der Waals surface area contributed by atoms with Gasteiger partial charge in [0.25, 0.3) is 0 Å². The van der Waals surface area contributed by atoms with Crippen molar-refractivity contribution in [3.05, 3.63) is 39.7 Å². The van der Waals surface area contributed by atoms with Gasteiger partial charge in [-0.2, -0.15) is 4.39 Å². The third-order valence-corrected chi connectivity index (χ3v) is 2.48. The molecular weight excluding hydrogens is 261 g/mol. The quantitative estimate of drug-likeness (QED) is 0.464. The summed E-state index contributed by atoms with van der Waals surface area (Å²) in [6, 6.07) is 2.72. The maximum atomic E-state index is 13.3. The third-order valence-electron chi connectivity index (χ3n) is 2.48. The summed E-state index contributed by atoms with van der Waals surface area (Å²) >= 11 is 0. The molecule has 0 radical (unpaired) electrons. The Bertz CT molecular complexity index is 492.